The van der Waals surface area contributed by atoms with Gasteiger partial charge in [-0.25, -0.2) is 8.42 Å². The van der Waals surface area contributed by atoms with Gasteiger partial charge in [0, 0.05) is 35.8 Å². The maximum absolute atomic E-state index is 14.1. The van der Waals surface area contributed by atoms with E-state index in [-0.39, 0.29) is 28.5 Å². The molecule has 0 saturated heterocycles. The molecule has 3 aromatic carbocycles. The van der Waals surface area contributed by atoms with Gasteiger partial charge in [0.05, 0.1) is 27.8 Å². The summed E-state index contributed by atoms with van der Waals surface area (Å²) in [6.07, 6.45) is 5.25. The molecule has 0 saturated carbocycles. The zero-order chi connectivity index (χ0) is 34.9. The van der Waals surface area contributed by atoms with Crippen molar-refractivity contribution in [3.8, 4) is 5.75 Å². The lowest BCUT2D eigenvalue weighted by Gasteiger charge is -2.36. The Bertz CT molecular complexity index is 1720. The highest BCUT2D eigenvalue weighted by atomic mass is 32.2. The molecule has 1 heterocycles. The Kier molecular flexibility index (Phi) is 12.5. The molecule has 13 heteroatoms. The van der Waals surface area contributed by atoms with E-state index in [0.717, 1.165) is 24.9 Å². The molecule has 3 aromatic rings. The predicted molar refractivity (Wildman–Crippen MR) is 187 cm³/mol. The summed E-state index contributed by atoms with van der Waals surface area (Å²) in [6, 6.07) is 18.4. The van der Waals surface area contributed by atoms with E-state index >= 15 is 0 Å². The van der Waals surface area contributed by atoms with Crippen LogP contribution in [0, 0.1) is 5.41 Å². The van der Waals surface area contributed by atoms with E-state index in [9.17, 15) is 27.9 Å². The molecule has 1 unspecified atom stereocenters. The minimum atomic E-state index is -3.74. The Morgan fingerprint density at radius 2 is 1.79 bits per heavy atom. The van der Waals surface area contributed by atoms with Crippen LogP contribution in [0.1, 0.15) is 55.5 Å². The number of thioether (sulfide) groups is 1. The minimum absolute atomic E-state index is 0.0108. The van der Waals surface area contributed by atoms with Crippen LogP contribution in [0.25, 0.3) is 0 Å². The number of nitrogens with zero attached hydrogens (tertiary/aromatic N) is 1. The van der Waals surface area contributed by atoms with Gasteiger partial charge in [-0.3, -0.25) is 14.4 Å². The molecular formula is C35H44N4O7S2. The average Bonchev–Trinajstić information content (AvgIpc) is 3.19. The molecule has 0 aromatic heterocycles. The normalized spacial score (nSPS) is 17.5. The van der Waals surface area contributed by atoms with Crippen LogP contribution >= 0.6 is 11.8 Å². The van der Waals surface area contributed by atoms with Crippen LogP contribution in [0.15, 0.2) is 76.5 Å². The predicted octanol–water partition coefficient (Wildman–Crippen LogP) is 4.19. The number of unbranched alkanes of at least 4 members (excludes halogenated alkanes) is 1. The van der Waals surface area contributed by atoms with Crippen molar-refractivity contribution in [2.24, 2.45) is 11.1 Å². The number of hydrogen-bond acceptors (Lipinski definition) is 9. The van der Waals surface area contributed by atoms with Gasteiger partial charge in [0.2, 0.25) is 5.91 Å². The van der Waals surface area contributed by atoms with E-state index in [4.69, 9.17) is 10.5 Å². The number of nitrogens with one attached hydrogen (secondary N) is 2. The fourth-order valence-electron chi connectivity index (χ4n) is 5.87. The smallest absolute Gasteiger partial charge is 0.258 e. The third-order valence-corrected chi connectivity index (χ3v) is 11.4. The van der Waals surface area contributed by atoms with Gasteiger partial charge < -0.3 is 31.1 Å². The number of rotatable bonds is 15. The molecule has 3 amide bonds. The van der Waals surface area contributed by atoms with Crippen LogP contribution in [0.2, 0.25) is 0 Å². The van der Waals surface area contributed by atoms with Crippen LogP contribution < -0.4 is 26.0 Å². The monoisotopic (exact) mass is 696 g/mol. The van der Waals surface area contributed by atoms with E-state index in [1.54, 1.807) is 24.3 Å². The minimum Gasteiger partial charge on any atom is -0.483 e. The number of para-hydroxylation sites is 1. The molecule has 258 valence electrons. The van der Waals surface area contributed by atoms with Crippen LogP contribution in [0.4, 0.5) is 11.4 Å². The highest BCUT2D eigenvalue weighted by molar-refractivity contribution is 7.98. The van der Waals surface area contributed by atoms with Gasteiger partial charge in [-0.1, -0.05) is 63.1 Å². The van der Waals surface area contributed by atoms with Gasteiger partial charge in [-0.2, -0.15) is 0 Å². The Labute approximate surface area is 286 Å². The maximum Gasteiger partial charge on any atom is 0.258 e. The third kappa shape index (κ3) is 8.69. The molecular weight excluding hydrogens is 653 g/mol. The summed E-state index contributed by atoms with van der Waals surface area (Å²) in [4.78, 5) is 40.1. The third-order valence-electron chi connectivity index (χ3n) is 8.67. The van der Waals surface area contributed by atoms with E-state index in [0.29, 0.717) is 29.1 Å². The molecule has 0 fully saturated rings. The van der Waals surface area contributed by atoms with Crippen LogP contribution in [-0.2, 0) is 26.0 Å². The van der Waals surface area contributed by atoms with Crippen molar-refractivity contribution in [2.75, 3.05) is 36.7 Å². The van der Waals surface area contributed by atoms with Crippen molar-refractivity contribution in [1.29, 1.82) is 0 Å². The SMILES string of the molecule is CCCCC1(CC)CN(c2ccccc2)c2cc(SC)c(OCC(=O)NCc3ccccc3C(=O)N[C@@H](CO)C(N)=O)cc2S(=O)(=O)C1. The first kappa shape index (κ1) is 36.8. The zero-order valence-corrected chi connectivity index (χ0v) is 29.2. The quantitative estimate of drug-likeness (QED) is 0.170. The van der Waals surface area contributed by atoms with E-state index in [2.05, 4.69) is 29.4 Å². The highest BCUT2D eigenvalue weighted by Gasteiger charge is 2.42. The standard InChI is InChI=1S/C35H44N4O7S2/c1-4-6-16-35(5-2)22-39(25-13-8-7-9-14-25)28-17-30(47-3)29(18-31(28)48(44,45)23-35)46-21-32(41)37-19-24-12-10-11-15-26(24)34(43)38-27(20-40)33(36)42/h7-15,17-18,27,40H,4-6,16,19-23H2,1-3H3,(H2,36,42)(H,37,41)(H,38,43)/t27-,35?/m0/s1. The number of benzene rings is 3. The summed E-state index contributed by atoms with van der Waals surface area (Å²) in [7, 11) is -3.74. The first-order chi connectivity index (χ1) is 23.0. The fraction of sp³-hybridized carbons (Fsp3) is 0.400. The summed E-state index contributed by atoms with van der Waals surface area (Å²) < 4.78 is 34.2. The molecule has 4 rings (SSSR count). The number of primary amides is 1. The van der Waals surface area contributed by atoms with Gasteiger partial charge in [-0.15, -0.1) is 11.8 Å². The van der Waals surface area contributed by atoms with Crippen LogP contribution in [0.5, 0.6) is 5.75 Å². The van der Waals surface area contributed by atoms with Gasteiger partial charge in [0.1, 0.15) is 11.8 Å². The van der Waals surface area contributed by atoms with Crippen molar-refractivity contribution < 1.29 is 32.6 Å². The maximum atomic E-state index is 14.1. The van der Waals surface area contributed by atoms with Crippen molar-refractivity contribution in [3.05, 3.63) is 77.9 Å². The first-order valence-electron chi connectivity index (χ1n) is 15.9. The molecule has 0 bridgehead atoms. The topological polar surface area (TPSA) is 168 Å². The van der Waals surface area contributed by atoms with Crippen molar-refractivity contribution in [3.63, 3.8) is 0 Å². The molecule has 11 nitrogen and oxygen atoms in total. The number of hydrogen-bond donors (Lipinski definition) is 4. The molecule has 0 aliphatic carbocycles. The first-order valence-corrected chi connectivity index (χ1v) is 18.8. The number of amides is 3. The van der Waals surface area contributed by atoms with Crippen molar-refractivity contribution in [2.45, 2.75) is 61.9 Å². The van der Waals surface area contributed by atoms with E-state index in [1.807, 2.05) is 42.7 Å². The van der Waals surface area contributed by atoms with Crippen molar-refractivity contribution >= 4 is 50.7 Å². The summed E-state index contributed by atoms with van der Waals surface area (Å²) in [5, 5.41) is 14.5. The summed E-state index contributed by atoms with van der Waals surface area (Å²) in [5.41, 5.74) is 6.93. The molecule has 1 aliphatic rings. The number of nitrogens with two attached hydrogens (primary N) is 1. The molecule has 0 radical (unpaired) electrons. The molecule has 2 atom stereocenters. The van der Waals surface area contributed by atoms with Crippen molar-refractivity contribution in [1.82, 2.24) is 10.6 Å². The van der Waals surface area contributed by atoms with Gasteiger partial charge in [0.15, 0.2) is 16.4 Å². The summed E-state index contributed by atoms with van der Waals surface area (Å²) >= 11 is 1.39. The number of aliphatic hydroxyl groups excluding tert-OH is 1. The lowest BCUT2D eigenvalue weighted by Crippen LogP contribution is -2.47. The summed E-state index contributed by atoms with van der Waals surface area (Å²) in [5.74, 6) is -1.70. The number of carbonyl (C=O) groups is 3. The van der Waals surface area contributed by atoms with Crippen LogP contribution in [0.3, 0.4) is 0 Å². The largest absolute Gasteiger partial charge is 0.483 e. The molecule has 0 spiro atoms. The molecule has 5 N–H and O–H groups in total. The number of anilines is 2. The summed E-state index contributed by atoms with van der Waals surface area (Å²) in [6.45, 7) is 3.65. The number of ether oxygens (including phenoxy) is 1. The lowest BCUT2D eigenvalue weighted by molar-refractivity contribution is -0.123. The van der Waals surface area contributed by atoms with Gasteiger partial charge in [0.25, 0.3) is 11.8 Å². The Morgan fingerprint density at radius 1 is 1.08 bits per heavy atom. The number of fused-ring (bicyclic) bond motifs is 1. The number of carbonyl (C=O) groups excluding carboxylic acids is 3. The lowest BCUT2D eigenvalue weighted by atomic mass is 9.81. The molecule has 48 heavy (non-hydrogen) atoms. The second-order valence-electron chi connectivity index (χ2n) is 11.9. The van der Waals surface area contributed by atoms with Gasteiger partial charge >= 0.3 is 0 Å². The Balaban J connectivity index is 1.58. The fourth-order valence-corrected chi connectivity index (χ4v) is 8.59. The number of sulfone groups is 1. The van der Waals surface area contributed by atoms with E-state index < -0.39 is 52.2 Å². The molecule has 1 aliphatic heterocycles. The Hall–Kier alpha value is -4.07. The average molecular weight is 697 g/mol. The van der Waals surface area contributed by atoms with E-state index in [1.165, 1.54) is 17.8 Å². The number of aliphatic hydroxyl groups is 1. The Morgan fingerprint density at radius 3 is 2.44 bits per heavy atom. The second-order valence-corrected chi connectivity index (χ2v) is 14.7. The van der Waals surface area contributed by atoms with Crippen LogP contribution in [-0.4, -0.2) is 69.1 Å². The zero-order valence-electron chi connectivity index (χ0n) is 27.5. The highest BCUT2D eigenvalue weighted by Crippen LogP contribution is 2.47. The van der Waals surface area contributed by atoms with Gasteiger partial charge in [-0.05, 0) is 48.9 Å². The second kappa shape index (κ2) is 16.4.